The van der Waals surface area contributed by atoms with Gasteiger partial charge < -0.3 is 9.94 Å². The van der Waals surface area contributed by atoms with Gasteiger partial charge in [0.15, 0.2) is 0 Å². The molecule has 126 valence electrons. The molecule has 0 aliphatic rings. The van der Waals surface area contributed by atoms with Gasteiger partial charge in [-0.25, -0.2) is 9.59 Å². The van der Waals surface area contributed by atoms with Crippen molar-refractivity contribution in [3.05, 3.63) is 47.5 Å². The molecule has 2 aromatic rings. The van der Waals surface area contributed by atoms with Crippen LogP contribution in [0, 0.1) is 0 Å². The van der Waals surface area contributed by atoms with Crippen LogP contribution >= 0.6 is 0 Å². The average molecular weight is 329 g/mol. The smallest absolute Gasteiger partial charge is 0.336 e. The number of carbonyl (C=O) groups is 3. The number of nitrogens with one attached hydrogen (secondary N) is 1. The number of carboxylic acids is 1. The van der Waals surface area contributed by atoms with Crippen molar-refractivity contribution < 1.29 is 24.3 Å². The molecular formula is C18H19NO5. The van der Waals surface area contributed by atoms with E-state index in [1.54, 1.807) is 24.3 Å². The summed E-state index contributed by atoms with van der Waals surface area (Å²) in [5.41, 5.74) is 2.27. The van der Waals surface area contributed by atoms with Crippen LogP contribution in [-0.2, 0) is 9.63 Å². The topological polar surface area (TPSA) is 92.7 Å². The molecule has 0 unspecified atom stereocenters. The summed E-state index contributed by atoms with van der Waals surface area (Å²) in [4.78, 5) is 40.0. The average Bonchev–Trinajstić information content (AvgIpc) is 2.58. The van der Waals surface area contributed by atoms with E-state index in [2.05, 4.69) is 5.48 Å². The normalized spacial score (nSPS) is 10.4. The fraction of sp³-hybridized carbons (Fsp3) is 0.278. The van der Waals surface area contributed by atoms with Crippen molar-refractivity contribution >= 4 is 28.6 Å². The molecule has 0 spiro atoms. The molecule has 0 heterocycles. The second kappa shape index (κ2) is 8.10. The first-order valence-corrected chi connectivity index (χ1v) is 7.79. The summed E-state index contributed by atoms with van der Waals surface area (Å²) in [6.07, 6.45) is 2.81. The molecule has 24 heavy (non-hydrogen) atoms. The van der Waals surface area contributed by atoms with Gasteiger partial charge in [-0.1, -0.05) is 44.0 Å². The van der Waals surface area contributed by atoms with E-state index in [0.717, 1.165) is 12.8 Å². The molecule has 0 aliphatic heterocycles. The summed E-state index contributed by atoms with van der Waals surface area (Å²) in [5, 5.41) is 10.2. The van der Waals surface area contributed by atoms with Crippen molar-refractivity contribution in [1.82, 2.24) is 5.48 Å². The number of carbonyl (C=O) groups excluding carboxylic acids is 2. The molecule has 0 saturated carbocycles. The van der Waals surface area contributed by atoms with Crippen molar-refractivity contribution in [2.24, 2.45) is 0 Å². The van der Waals surface area contributed by atoms with Crippen molar-refractivity contribution in [2.75, 3.05) is 0 Å². The quantitative estimate of drug-likeness (QED) is 0.626. The van der Waals surface area contributed by atoms with Crippen molar-refractivity contribution in [3.63, 3.8) is 0 Å². The number of amides is 1. The molecule has 2 rings (SSSR count). The summed E-state index contributed by atoms with van der Waals surface area (Å²) in [7, 11) is 0. The molecule has 0 atom stereocenters. The Labute approximate surface area is 139 Å². The maximum absolute atomic E-state index is 12.3. The van der Waals surface area contributed by atoms with E-state index >= 15 is 0 Å². The summed E-state index contributed by atoms with van der Waals surface area (Å²) >= 11 is 0. The summed E-state index contributed by atoms with van der Waals surface area (Å²) in [5.74, 6) is -2.30. The van der Waals surface area contributed by atoms with Gasteiger partial charge in [0.2, 0.25) is 0 Å². The highest BCUT2D eigenvalue weighted by Gasteiger charge is 2.17. The third kappa shape index (κ3) is 4.10. The number of hydroxylamine groups is 1. The first-order valence-electron chi connectivity index (χ1n) is 7.79. The molecule has 0 saturated heterocycles. The van der Waals surface area contributed by atoms with Crippen molar-refractivity contribution in [2.45, 2.75) is 32.6 Å². The Hall–Kier alpha value is -2.89. The number of carboxylic acid groups (broad SMARTS) is 1. The molecule has 0 aliphatic carbocycles. The molecule has 0 fully saturated rings. The van der Waals surface area contributed by atoms with Crippen LogP contribution in [0.4, 0.5) is 0 Å². The van der Waals surface area contributed by atoms with Gasteiger partial charge in [-0.15, -0.1) is 0 Å². The summed E-state index contributed by atoms with van der Waals surface area (Å²) in [6.45, 7) is 2.02. The SMILES string of the molecule is CCCCCC(=O)ONC(=O)c1cccc2cccc(C(=O)O)c12. The zero-order valence-electron chi connectivity index (χ0n) is 13.4. The van der Waals surface area contributed by atoms with Crippen LogP contribution in [0.15, 0.2) is 36.4 Å². The van der Waals surface area contributed by atoms with Crippen molar-refractivity contribution in [1.29, 1.82) is 0 Å². The second-order valence-corrected chi connectivity index (χ2v) is 5.38. The van der Waals surface area contributed by atoms with Gasteiger partial charge in [-0.3, -0.25) is 4.79 Å². The van der Waals surface area contributed by atoms with E-state index in [9.17, 15) is 19.5 Å². The largest absolute Gasteiger partial charge is 0.478 e. The lowest BCUT2D eigenvalue weighted by Crippen LogP contribution is -2.27. The Bertz CT molecular complexity index is 764. The van der Waals surface area contributed by atoms with E-state index in [-0.39, 0.29) is 17.5 Å². The summed E-state index contributed by atoms with van der Waals surface area (Å²) < 4.78 is 0. The van der Waals surface area contributed by atoms with Crippen LogP contribution in [0.3, 0.4) is 0 Å². The van der Waals surface area contributed by atoms with Crippen LogP contribution in [0.5, 0.6) is 0 Å². The predicted molar refractivity (Wildman–Crippen MR) is 88.6 cm³/mol. The monoisotopic (exact) mass is 329 g/mol. The number of fused-ring (bicyclic) bond motifs is 1. The lowest BCUT2D eigenvalue weighted by Gasteiger charge is -2.10. The third-order valence-corrected chi connectivity index (χ3v) is 3.62. The van der Waals surface area contributed by atoms with Gasteiger partial charge >= 0.3 is 11.9 Å². The predicted octanol–water partition coefficient (Wildman–Crippen LogP) is 3.31. The third-order valence-electron chi connectivity index (χ3n) is 3.62. The van der Waals surface area contributed by atoms with Crippen molar-refractivity contribution in [3.8, 4) is 0 Å². The lowest BCUT2D eigenvalue weighted by molar-refractivity contribution is -0.149. The van der Waals surface area contributed by atoms with E-state index < -0.39 is 17.8 Å². The Morgan fingerprint density at radius 2 is 1.71 bits per heavy atom. The van der Waals surface area contributed by atoms with Gasteiger partial charge in [-0.05, 0) is 23.9 Å². The standard InChI is InChI=1S/C18H19NO5/c1-2-3-4-11-15(20)24-19-17(21)13-9-5-7-12-8-6-10-14(16(12)13)18(22)23/h5-10H,2-4,11H2,1H3,(H,19,21)(H,22,23). The molecule has 6 heteroatoms. The van der Waals surface area contributed by atoms with Gasteiger partial charge in [0.05, 0.1) is 11.1 Å². The Kier molecular flexibility index (Phi) is 5.89. The van der Waals surface area contributed by atoms with Gasteiger partial charge in [0, 0.05) is 11.8 Å². The number of unbranched alkanes of at least 4 members (excludes halogenated alkanes) is 2. The Morgan fingerprint density at radius 1 is 1.04 bits per heavy atom. The van der Waals surface area contributed by atoms with E-state index in [1.165, 1.54) is 12.1 Å². The highest BCUT2D eigenvalue weighted by atomic mass is 16.7. The number of hydrogen-bond donors (Lipinski definition) is 2. The second-order valence-electron chi connectivity index (χ2n) is 5.38. The van der Waals surface area contributed by atoms with Gasteiger partial charge in [0.25, 0.3) is 5.91 Å². The lowest BCUT2D eigenvalue weighted by atomic mass is 9.99. The molecule has 1 amide bonds. The molecule has 0 bridgehead atoms. The van der Waals surface area contributed by atoms with Crippen LogP contribution < -0.4 is 5.48 Å². The van der Waals surface area contributed by atoms with E-state index in [1.807, 2.05) is 6.92 Å². The molecule has 2 N–H and O–H groups in total. The van der Waals surface area contributed by atoms with Gasteiger partial charge in [0.1, 0.15) is 0 Å². The zero-order valence-corrected chi connectivity index (χ0v) is 13.4. The maximum Gasteiger partial charge on any atom is 0.336 e. The highest BCUT2D eigenvalue weighted by Crippen LogP contribution is 2.23. The van der Waals surface area contributed by atoms with E-state index in [0.29, 0.717) is 17.2 Å². The molecule has 6 nitrogen and oxygen atoms in total. The first kappa shape index (κ1) is 17.5. The Morgan fingerprint density at radius 3 is 2.33 bits per heavy atom. The minimum Gasteiger partial charge on any atom is -0.478 e. The molecule has 0 radical (unpaired) electrons. The van der Waals surface area contributed by atoms with Gasteiger partial charge in [-0.2, -0.15) is 5.48 Å². The first-order chi connectivity index (χ1) is 11.5. The van der Waals surface area contributed by atoms with Crippen LogP contribution in [-0.4, -0.2) is 23.0 Å². The highest BCUT2D eigenvalue weighted by molar-refractivity contribution is 6.14. The maximum atomic E-state index is 12.3. The number of hydrogen-bond acceptors (Lipinski definition) is 4. The fourth-order valence-corrected chi connectivity index (χ4v) is 2.44. The zero-order chi connectivity index (χ0) is 17.5. The van der Waals surface area contributed by atoms with Crippen LogP contribution in [0.1, 0.15) is 53.3 Å². The minimum atomic E-state index is -1.13. The Balaban J connectivity index is 2.18. The molecular weight excluding hydrogens is 310 g/mol. The van der Waals surface area contributed by atoms with Crippen LogP contribution in [0.25, 0.3) is 10.8 Å². The number of rotatable bonds is 6. The van der Waals surface area contributed by atoms with Crippen LogP contribution in [0.2, 0.25) is 0 Å². The minimum absolute atomic E-state index is 0.0209. The molecule has 2 aromatic carbocycles. The fourth-order valence-electron chi connectivity index (χ4n) is 2.44. The number of benzene rings is 2. The molecule has 0 aromatic heterocycles. The van der Waals surface area contributed by atoms with E-state index in [4.69, 9.17) is 4.84 Å². The summed E-state index contributed by atoms with van der Waals surface area (Å²) in [6, 6.07) is 9.62. The number of aromatic carboxylic acids is 1.